The number of ether oxygens (including phenoxy) is 2. The summed E-state index contributed by atoms with van der Waals surface area (Å²) in [4.78, 5) is 10.6. The first kappa shape index (κ1) is 10.9. The SMILES string of the molecule is C[C@H]1COC2(CCN(c3cnccn3)CC2)O1. The molecule has 0 saturated carbocycles. The molecule has 1 aromatic rings. The topological polar surface area (TPSA) is 47.5 Å². The van der Waals surface area contributed by atoms with E-state index >= 15 is 0 Å². The molecule has 0 amide bonds. The van der Waals surface area contributed by atoms with Crippen molar-refractivity contribution in [2.45, 2.75) is 31.7 Å². The normalized spacial score (nSPS) is 27.6. The molecule has 0 radical (unpaired) electrons. The predicted octanol–water partition coefficient (Wildman–Crippen LogP) is 1.21. The summed E-state index contributed by atoms with van der Waals surface area (Å²) in [6.45, 7) is 4.59. The summed E-state index contributed by atoms with van der Waals surface area (Å²) >= 11 is 0. The van der Waals surface area contributed by atoms with Crippen LogP contribution < -0.4 is 4.90 Å². The number of aromatic nitrogens is 2. The molecule has 3 heterocycles. The molecule has 0 unspecified atom stereocenters. The zero-order valence-corrected chi connectivity index (χ0v) is 10.0. The van der Waals surface area contributed by atoms with Crippen LogP contribution >= 0.6 is 0 Å². The molecule has 0 aromatic carbocycles. The van der Waals surface area contributed by atoms with Crippen LogP contribution in [0.2, 0.25) is 0 Å². The highest BCUT2D eigenvalue weighted by molar-refractivity contribution is 5.35. The van der Waals surface area contributed by atoms with E-state index in [1.54, 1.807) is 18.6 Å². The lowest BCUT2D eigenvalue weighted by Crippen LogP contribution is -2.45. The summed E-state index contributed by atoms with van der Waals surface area (Å²) in [5.74, 6) is 0.603. The summed E-state index contributed by atoms with van der Waals surface area (Å²) in [6, 6.07) is 0. The molecule has 0 aliphatic carbocycles. The lowest BCUT2D eigenvalue weighted by atomic mass is 10.0. The Bertz CT molecular complexity index is 377. The molecule has 5 heteroatoms. The summed E-state index contributed by atoms with van der Waals surface area (Å²) < 4.78 is 11.7. The van der Waals surface area contributed by atoms with Crippen molar-refractivity contribution in [1.29, 1.82) is 0 Å². The van der Waals surface area contributed by atoms with Gasteiger partial charge in [0.2, 0.25) is 0 Å². The van der Waals surface area contributed by atoms with Crippen molar-refractivity contribution in [3.63, 3.8) is 0 Å². The number of nitrogens with zero attached hydrogens (tertiary/aromatic N) is 3. The van der Waals surface area contributed by atoms with Crippen LogP contribution in [0.1, 0.15) is 19.8 Å². The second-order valence-corrected chi connectivity index (χ2v) is 4.70. The Hall–Kier alpha value is -1.20. The van der Waals surface area contributed by atoms with Crippen LogP contribution in [0.5, 0.6) is 0 Å². The van der Waals surface area contributed by atoms with E-state index in [9.17, 15) is 0 Å². The zero-order valence-electron chi connectivity index (χ0n) is 10.0. The molecule has 2 aliphatic heterocycles. The van der Waals surface area contributed by atoms with Gasteiger partial charge >= 0.3 is 0 Å². The van der Waals surface area contributed by atoms with E-state index in [-0.39, 0.29) is 11.9 Å². The first-order chi connectivity index (χ1) is 8.27. The van der Waals surface area contributed by atoms with Gasteiger partial charge in [0.25, 0.3) is 0 Å². The van der Waals surface area contributed by atoms with Gasteiger partial charge in [-0.1, -0.05) is 0 Å². The molecule has 5 nitrogen and oxygen atoms in total. The van der Waals surface area contributed by atoms with Crippen molar-refractivity contribution in [3.05, 3.63) is 18.6 Å². The van der Waals surface area contributed by atoms with Crippen molar-refractivity contribution in [2.75, 3.05) is 24.6 Å². The smallest absolute Gasteiger partial charge is 0.172 e. The average molecular weight is 235 g/mol. The van der Waals surface area contributed by atoms with Crippen LogP contribution in [0.3, 0.4) is 0 Å². The van der Waals surface area contributed by atoms with Gasteiger partial charge in [-0.15, -0.1) is 0 Å². The molecule has 2 aliphatic rings. The molecule has 2 saturated heterocycles. The van der Waals surface area contributed by atoms with Gasteiger partial charge in [0, 0.05) is 38.3 Å². The van der Waals surface area contributed by atoms with Gasteiger partial charge in [-0.3, -0.25) is 4.98 Å². The fraction of sp³-hybridized carbons (Fsp3) is 0.667. The molecule has 0 bridgehead atoms. The van der Waals surface area contributed by atoms with E-state index in [1.807, 2.05) is 0 Å². The van der Waals surface area contributed by atoms with Crippen molar-refractivity contribution in [2.24, 2.45) is 0 Å². The summed E-state index contributed by atoms with van der Waals surface area (Å²) in [6.07, 6.45) is 7.24. The Morgan fingerprint density at radius 1 is 1.35 bits per heavy atom. The molecule has 3 rings (SSSR count). The Kier molecular flexibility index (Phi) is 2.72. The molecule has 1 aromatic heterocycles. The second kappa shape index (κ2) is 4.23. The van der Waals surface area contributed by atoms with E-state index in [0.29, 0.717) is 6.61 Å². The predicted molar refractivity (Wildman–Crippen MR) is 62.7 cm³/mol. The Morgan fingerprint density at radius 2 is 2.18 bits per heavy atom. The molecular formula is C12H17N3O2. The molecule has 92 valence electrons. The standard InChI is InChI=1S/C12H17N3O2/c1-10-9-16-12(17-10)2-6-15(7-3-12)11-8-13-4-5-14-11/h4-5,8,10H,2-3,6-7,9H2,1H3/t10-/m0/s1. The van der Waals surface area contributed by atoms with Crippen molar-refractivity contribution in [1.82, 2.24) is 9.97 Å². The summed E-state index contributed by atoms with van der Waals surface area (Å²) in [7, 11) is 0. The third-order valence-electron chi connectivity index (χ3n) is 3.40. The first-order valence-corrected chi connectivity index (χ1v) is 6.10. The summed E-state index contributed by atoms with van der Waals surface area (Å²) in [5, 5.41) is 0. The van der Waals surface area contributed by atoms with E-state index < -0.39 is 0 Å². The van der Waals surface area contributed by atoms with Crippen LogP contribution in [-0.2, 0) is 9.47 Å². The third kappa shape index (κ3) is 2.12. The van der Waals surface area contributed by atoms with E-state index in [0.717, 1.165) is 31.7 Å². The van der Waals surface area contributed by atoms with Crippen LogP contribution in [-0.4, -0.2) is 41.6 Å². The maximum absolute atomic E-state index is 5.89. The Morgan fingerprint density at radius 3 is 2.76 bits per heavy atom. The Balaban J connectivity index is 1.65. The molecule has 1 atom stereocenters. The van der Waals surface area contributed by atoms with Crippen LogP contribution in [0.4, 0.5) is 5.82 Å². The largest absolute Gasteiger partial charge is 0.355 e. The third-order valence-corrected chi connectivity index (χ3v) is 3.40. The minimum atomic E-state index is -0.335. The maximum atomic E-state index is 5.89. The molecule has 2 fully saturated rings. The molecule has 1 spiro atoms. The van der Waals surface area contributed by atoms with Crippen LogP contribution in [0.15, 0.2) is 18.6 Å². The zero-order chi connectivity index (χ0) is 11.7. The minimum Gasteiger partial charge on any atom is -0.355 e. The maximum Gasteiger partial charge on any atom is 0.172 e. The fourth-order valence-corrected chi connectivity index (χ4v) is 2.50. The van der Waals surface area contributed by atoms with E-state index in [4.69, 9.17) is 9.47 Å². The van der Waals surface area contributed by atoms with Gasteiger partial charge in [-0.2, -0.15) is 0 Å². The number of hydrogen-bond donors (Lipinski definition) is 0. The van der Waals surface area contributed by atoms with Gasteiger partial charge in [0.15, 0.2) is 5.79 Å². The number of rotatable bonds is 1. The van der Waals surface area contributed by atoms with Crippen molar-refractivity contribution < 1.29 is 9.47 Å². The summed E-state index contributed by atoms with van der Waals surface area (Å²) in [5.41, 5.74) is 0. The molecular weight excluding hydrogens is 218 g/mol. The van der Waals surface area contributed by atoms with Gasteiger partial charge in [0.05, 0.1) is 18.9 Å². The van der Waals surface area contributed by atoms with Crippen molar-refractivity contribution in [3.8, 4) is 0 Å². The lowest BCUT2D eigenvalue weighted by molar-refractivity contribution is -0.178. The molecule has 17 heavy (non-hydrogen) atoms. The first-order valence-electron chi connectivity index (χ1n) is 6.10. The van der Waals surface area contributed by atoms with Gasteiger partial charge in [0.1, 0.15) is 5.82 Å². The Labute approximate surface area is 101 Å². The monoisotopic (exact) mass is 235 g/mol. The molecule has 0 N–H and O–H groups in total. The highest BCUT2D eigenvalue weighted by Crippen LogP contribution is 2.34. The highest BCUT2D eigenvalue weighted by Gasteiger charge is 2.42. The number of hydrogen-bond acceptors (Lipinski definition) is 5. The number of piperidine rings is 1. The average Bonchev–Trinajstić information content (AvgIpc) is 2.73. The van der Waals surface area contributed by atoms with Crippen molar-refractivity contribution >= 4 is 5.82 Å². The van der Waals surface area contributed by atoms with E-state index in [2.05, 4.69) is 21.8 Å². The number of anilines is 1. The van der Waals surface area contributed by atoms with Crippen LogP contribution in [0, 0.1) is 0 Å². The van der Waals surface area contributed by atoms with Gasteiger partial charge in [-0.05, 0) is 6.92 Å². The van der Waals surface area contributed by atoms with Gasteiger partial charge in [-0.25, -0.2) is 4.98 Å². The second-order valence-electron chi connectivity index (χ2n) is 4.70. The van der Waals surface area contributed by atoms with Gasteiger partial charge < -0.3 is 14.4 Å². The highest BCUT2D eigenvalue weighted by atomic mass is 16.7. The fourth-order valence-electron chi connectivity index (χ4n) is 2.50. The minimum absolute atomic E-state index is 0.220. The van der Waals surface area contributed by atoms with Crippen LogP contribution in [0.25, 0.3) is 0 Å². The lowest BCUT2D eigenvalue weighted by Gasteiger charge is -2.38. The quantitative estimate of drug-likeness (QED) is 0.732. The van der Waals surface area contributed by atoms with E-state index in [1.165, 1.54) is 0 Å².